The van der Waals surface area contributed by atoms with E-state index in [1.807, 2.05) is 44.2 Å². The number of hydrogen-bond donors (Lipinski definition) is 1. The number of anilines is 2. The first-order valence-electron chi connectivity index (χ1n) is 8.61. The summed E-state index contributed by atoms with van der Waals surface area (Å²) in [5.74, 6) is 1.35. The first-order valence-corrected chi connectivity index (χ1v) is 8.61. The van der Waals surface area contributed by atoms with Gasteiger partial charge in [-0.3, -0.25) is 4.79 Å². The molecule has 2 aromatic rings. The summed E-state index contributed by atoms with van der Waals surface area (Å²) in [6.45, 7) is 7.75. The molecule has 1 aromatic carbocycles. The van der Waals surface area contributed by atoms with Gasteiger partial charge in [0.15, 0.2) is 11.6 Å². The fourth-order valence-electron chi connectivity index (χ4n) is 2.61. The monoisotopic (exact) mass is 326 g/mol. The number of amides is 1. The van der Waals surface area contributed by atoms with Gasteiger partial charge in [-0.05, 0) is 37.5 Å². The van der Waals surface area contributed by atoms with Crippen LogP contribution in [-0.2, 0) is 11.3 Å². The predicted molar refractivity (Wildman–Crippen MR) is 97.9 cm³/mol. The van der Waals surface area contributed by atoms with Crippen LogP contribution in [0.15, 0.2) is 42.5 Å². The molecule has 0 aliphatic rings. The Morgan fingerprint density at radius 2 is 1.75 bits per heavy atom. The molecule has 0 aliphatic heterocycles. The van der Waals surface area contributed by atoms with Crippen LogP contribution < -0.4 is 10.2 Å². The Balaban J connectivity index is 2.03. The molecule has 1 N–H and O–H groups in total. The van der Waals surface area contributed by atoms with E-state index in [4.69, 9.17) is 0 Å². The second-order valence-corrected chi connectivity index (χ2v) is 5.78. The lowest BCUT2D eigenvalue weighted by molar-refractivity contribution is -0.120. The highest BCUT2D eigenvalue weighted by Crippen LogP contribution is 2.16. The quantitative estimate of drug-likeness (QED) is 0.800. The van der Waals surface area contributed by atoms with Gasteiger partial charge in [-0.15, -0.1) is 10.2 Å². The van der Waals surface area contributed by atoms with Gasteiger partial charge in [0, 0.05) is 19.0 Å². The molecule has 24 heavy (non-hydrogen) atoms. The highest BCUT2D eigenvalue weighted by atomic mass is 16.1. The zero-order valence-corrected chi connectivity index (χ0v) is 14.7. The van der Waals surface area contributed by atoms with E-state index >= 15 is 0 Å². The van der Waals surface area contributed by atoms with Crippen LogP contribution in [-0.4, -0.2) is 22.6 Å². The van der Waals surface area contributed by atoms with Crippen LogP contribution in [0.2, 0.25) is 0 Å². The average molecular weight is 326 g/mol. The number of nitrogens with zero attached hydrogens (tertiary/aromatic N) is 3. The molecule has 0 radical (unpaired) electrons. The van der Waals surface area contributed by atoms with E-state index in [1.165, 1.54) is 5.56 Å². The van der Waals surface area contributed by atoms with Crippen LogP contribution in [0.3, 0.4) is 0 Å². The fourth-order valence-corrected chi connectivity index (χ4v) is 2.61. The van der Waals surface area contributed by atoms with Crippen LogP contribution in [0.1, 0.15) is 39.2 Å². The standard InChI is InChI=1S/C19H26N4O/c1-4-16(5-2)19(24)20-17-12-13-18(22-21-17)23(6-3)14-15-10-8-7-9-11-15/h7-13,16H,4-6,14H2,1-3H3,(H,20,21,24). The smallest absolute Gasteiger partial charge is 0.228 e. The number of aromatic nitrogens is 2. The van der Waals surface area contributed by atoms with Crippen LogP contribution in [0.25, 0.3) is 0 Å². The third-order valence-corrected chi connectivity index (χ3v) is 4.18. The van der Waals surface area contributed by atoms with Crippen molar-refractivity contribution in [1.29, 1.82) is 0 Å². The van der Waals surface area contributed by atoms with E-state index in [0.29, 0.717) is 5.82 Å². The van der Waals surface area contributed by atoms with Crippen LogP contribution in [0, 0.1) is 5.92 Å². The summed E-state index contributed by atoms with van der Waals surface area (Å²) in [5.41, 5.74) is 1.23. The van der Waals surface area contributed by atoms with Crippen LogP contribution in [0.4, 0.5) is 11.6 Å². The summed E-state index contributed by atoms with van der Waals surface area (Å²) in [4.78, 5) is 14.2. The highest BCUT2D eigenvalue weighted by Gasteiger charge is 2.15. The lowest BCUT2D eigenvalue weighted by Crippen LogP contribution is -2.24. The maximum absolute atomic E-state index is 12.1. The minimum absolute atomic E-state index is 0.0127. The summed E-state index contributed by atoms with van der Waals surface area (Å²) in [6.07, 6.45) is 1.66. The van der Waals surface area contributed by atoms with Crippen molar-refractivity contribution in [3.05, 3.63) is 48.0 Å². The third-order valence-electron chi connectivity index (χ3n) is 4.18. The lowest BCUT2D eigenvalue weighted by Gasteiger charge is -2.21. The second kappa shape index (κ2) is 9.01. The zero-order chi connectivity index (χ0) is 17.4. The summed E-state index contributed by atoms with van der Waals surface area (Å²) in [7, 11) is 0. The molecule has 1 aromatic heterocycles. The predicted octanol–water partition coefficient (Wildman–Crippen LogP) is 3.88. The number of nitrogens with one attached hydrogen (secondary N) is 1. The summed E-state index contributed by atoms with van der Waals surface area (Å²) < 4.78 is 0. The minimum atomic E-state index is 0.0127. The number of carbonyl (C=O) groups excluding carboxylic acids is 1. The summed E-state index contributed by atoms with van der Waals surface area (Å²) in [6, 6.07) is 14.0. The van der Waals surface area contributed by atoms with Crippen molar-refractivity contribution in [3.8, 4) is 0 Å². The van der Waals surface area contributed by atoms with E-state index in [0.717, 1.165) is 31.7 Å². The van der Waals surface area contributed by atoms with Crippen molar-refractivity contribution >= 4 is 17.5 Å². The number of rotatable bonds is 8. The van der Waals surface area contributed by atoms with Gasteiger partial charge in [-0.25, -0.2) is 0 Å². The minimum Gasteiger partial charge on any atom is -0.351 e. The molecule has 1 amide bonds. The Bertz CT molecular complexity index is 624. The molecule has 5 nitrogen and oxygen atoms in total. The molecular weight excluding hydrogens is 300 g/mol. The van der Waals surface area contributed by atoms with Crippen LogP contribution in [0.5, 0.6) is 0 Å². The lowest BCUT2D eigenvalue weighted by atomic mass is 10.0. The summed E-state index contributed by atoms with van der Waals surface area (Å²) in [5, 5.41) is 11.3. The maximum Gasteiger partial charge on any atom is 0.228 e. The first kappa shape index (κ1) is 17.9. The molecule has 128 valence electrons. The Kier molecular flexibility index (Phi) is 6.73. The molecule has 0 bridgehead atoms. The topological polar surface area (TPSA) is 58.1 Å². The van der Waals surface area contributed by atoms with Crippen molar-refractivity contribution < 1.29 is 4.79 Å². The van der Waals surface area contributed by atoms with E-state index in [9.17, 15) is 4.79 Å². The Morgan fingerprint density at radius 3 is 2.29 bits per heavy atom. The molecular formula is C19H26N4O. The van der Waals surface area contributed by atoms with Crippen molar-refractivity contribution in [3.63, 3.8) is 0 Å². The number of hydrogen-bond acceptors (Lipinski definition) is 4. The van der Waals surface area contributed by atoms with Gasteiger partial charge in [0.2, 0.25) is 5.91 Å². The van der Waals surface area contributed by atoms with Gasteiger partial charge >= 0.3 is 0 Å². The Labute approximate surface area is 144 Å². The molecule has 1 heterocycles. The molecule has 0 spiro atoms. The van der Waals surface area contributed by atoms with Crippen molar-refractivity contribution in [2.45, 2.75) is 40.2 Å². The van der Waals surface area contributed by atoms with Gasteiger partial charge in [0.1, 0.15) is 0 Å². The largest absolute Gasteiger partial charge is 0.351 e. The Hall–Kier alpha value is -2.43. The fraction of sp³-hybridized carbons (Fsp3) is 0.421. The van der Waals surface area contributed by atoms with Gasteiger partial charge in [-0.1, -0.05) is 44.2 Å². The maximum atomic E-state index is 12.1. The van der Waals surface area contributed by atoms with E-state index < -0.39 is 0 Å². The van der Waals surface area contributed by atoms with Crippen molar-refractivity contribution in [1.82, 2.24) is 10.2 Å². The van der Waals surface area contributed by atoms with Crippen molar-refractivity contribution in [2.24, 2.45) is 5.92 Å². The zero-order valence-electron chi connectivity index (χ0n) is 14.7. The highest BCUT2D eigenvalue weighted by molar-refractivity contribution is 5.91. The molecule has 0 fully saturated rings. The van der Waals surface area contributed by atoms with E-state index in [2.05, 4.69) is 39.5 Å². The van der Waals surface area contributed by atoms with E-state index in [1.54, 1.807) is 0 Å². The molecule has 0 saturated carbocycles. The second-order valence-electron chi connectivity index (χ2n) is 5.78. The average Bonchev–Trinajstić information content (AvgIpc) is 2.62. The number of benzene rings is 1. The molecule has 0 unspecified atom stereocenters. The van der Waals surface area contributed by atoms with Crippen LogP contribution >= 0.6 is 0 Å². The molecule has 0 aliphatic carbocycles. The van der Waals surface area contributed by atoms with Gasteiger partial charge < -0.3 is 10.2 Å². The number of carbonyl (C=O) groups is 1. The van der Waals surface area contributed by atoms with Gasteiger partial charge in [-0.2, -0.15) is 0 Å². The van der Waals surface area contributed by atoms with E-state index in [-0.39, 0.29) is 11.8 Å². The first-order chi connectivity index (χ1) is 11.7. The molecule has 5 heteroatoms. The van der Waals surface area contributed by atoms with Gasteiger partial charge in [0.05, 0.1) is 0 Å². The molecule has 0 atom stereocenters. The molecule has 2 rings (SSSR count). The summed E-state index contributed by atoms with van der Waals surface area (Å²) >= 11 is 0. The third kappa shape index (κ3) is 4.78. The SMILES string of the molecule is CCC(CC)C(=O)Nc1ccc(N(CC)Cc2ccccc2)nn1. The molecule has 0 saturated heterocycles. The Morgan fingerprint density at radius 1 is 1.04 bits per heavy atom. The normalized spacial score (nSPS) is 10.7. The van der Waals surface area contributed by atoms with Crippen molar-refractivity contribution in [2.75, 3.05) is 16.8 Å². The van der Waals surface area contributed by atoms with Gasteiger partial charge in [0.25, 0.3) is 0 Å².